The Morgan fingerprint density at radius 2 is 1.88 bits per heavy atom. The van der Waals surface area contributed by atoms with E-state index in [0.29, 0.717) is 0 Å². The summed E-state index contributed by atoms with van der Waals surface area (Å²) in [5, 5.41) is 3.39. The van der Waals surface area contributed by atoms with E-state index in [4.69, 9.17) is 5.73 Å². The SMILES string of the molecule is CC1(C)C(N)C(C)(C)C1NC(=O)C1CCCS1. The van der Waals surface area contributed by atoms with Gasteiger partial charge in [-0.2, -0.15) is 0 Å². The molecule has 4 heteroatoms. The lowest BCUT2D eigenvalue weighted by atomic mass is 9.48. The zero-order valence-corrected chi connectivity index (χ0v) is 12.1. The van der Waals surface area contributed by atoms with E-state index >= 15 is 0 Å². The first kappa shape index (κ1) is 13.2. The van der Waals surface area contributed by atoms with Gasteiger partial charge in [-0.25, -0.2) is 0 Å². The highest BCUT2D eigenvalue weighted by Gasteiger charge is 2.60. The van der Waals surface area contributed by atoms with Crippen molar-refractivity contribution < 1.29 is 4.79 Å². The van der Waals surface area contributed by atoms with Crippen molar-refractivity contribution in [2.75, 3.05) is 5.75 Å². The summed E-state index contributed by atoms with van der Waals surface area (Å²) in [6, 6.07) is 0.343. The van der Waals surface area contributed by atoms with Crippen LogP contribution < -0.4 is 11.1 Å². The van der Waals surface area contributed by atoms with Gasteiger partial charge in [-0.3, -0.25) is 4.79 Å². The average molecular weight is 256 g/mol. The Balaban J connectivity index is 2.01. The fraction of sp³-hybridized carbons (Fsp3) is 0.923. The maximum atomic E-state index is 12.2. The highest BCUT2D eigenvalue weighted by atomic mass is 32.2. The standard InChI is InChI=1S/C13H24N2OS/c1-12(2)10(14)13(3,4)11(12)15-9(16)8-6-5-7-17-8/h8,10-11H,5-7,14H2,1-4H3,(H,15,16). The summed E-state index contributed by atoms with van der Waals surface area (Å²) in [5.41, 5.74) is 6.20. The summed E-state index contributed by atoms with van der Waals surface area (Å²) in [7, 11) is 0. The third-order valence-electron chi connectivity index (χ3n) is 4.60. The molecule has 1 saturated heterocycles. The third kappa shape index (κ3) is 1.99. The Labute approximate surface area is 108 Å². The molecule has 1 heterocycles. The molecule has 1 amide bonds. The quantitative estimate of drug-likeness (QED) is 0.791. The van der Waals surface area contributed by atoms with Crippen molar-refractivity contribution in [3.05, 3.63) is 0 Å². The number of thioether (sulfide) groups is 1. The van der Waals surface area contributed by atoms with Crippen LogP contribution in [0.3, 0.4) is 0 Å². The molecular weight excluding hydrogens is 232 g/mol. The minimum atomic E-state index is 0.00241. The minimum absolute atomic E-state index is 0.00241. The summed E-state index contributed by atoms with van der Waals surface area (Å²) >= 11 is 1.78. The first-order valence-electron chi connectivity index (χ1n) is 6.45. The van der Waals surface area contributed by atoms with Crippen LogP contribution in [0.25, 0.3) is 0 Å². The van der Waals surface area contributed by atoms with Gasteiger partial charge in [0.1, 0.15) is 0 Å². The predicted octanol–water partition coefficient (Wildman–Crippen LogP) is 1.76. The lowest BCUT2D eigenvalue weighted by molar-refractivity contribution is -0.131. The number of carbonyl (C=O) groups excluding carboxylic acids is 1. The van der Waals surface area contributed by atoms with E-state index in [-0.39, 0.29) is 34.1 Å². The van der Waals surface area contributed by atoms with Gasteiger partial charge in [-0.1, -0.05) is 27.7 Å². The van der Waals surface area contributed by atoms with Gasteiger partial charge < -0.3 is 11.1 Å². The van der Waals surface area contributed by atoms with Crippen molar-refractivity contribution in [2.45, 2.75) is 57.9 Å². The summed E-state index contributed by atoms with van der Waals surface area (Å²) in [6.07, 6.45) is 2.19. The highest BCUT2D eigenvalue weighted by Crippen LogP contribution is 2.52. The van der Waals surface area contributed by atoms with Crippen molar-refractivity contribution in [1.82, 2.24) is 5.32 Å². The van der Waals surface area contributed by atoms with Crippen LogP contribution in [0.2, 0.25) is 0 Å². The van der Waals surface area contributed by atoms with E-state index in [0.717, 1.165) is 12.2 Å². The summed E-state index contributed by atoms with van der Waals surface area (Å²) in [4.78, 5) is 12.2. The number of hydrogen-bond donors (Lipinski definition) is 2. The van der Waals surface area contributed by atoms with Crippen LogP contribution in [0.1, 0.15) is 40.5 Å². The van der Waals surface area contributed by atoms with Gasteiger partial charge in [0.25, 0.3) is 0 Å². The molecule has 1 aliphatic heterocycles. The fourth-order valence-corrected chi connectivity index (χ4v) is 4.74. The molecule has 3 nitrogen and oxygen atoms in total. The van der Waals surface area contributed by atoms with Gasteiger partial charge in [-0.05, 0) is 18.6 Å². The van der Waals surface area contributed by atoms with E-state index in [1.165, 1.54) is 6.42 Å². The number of nitrogens with one attached hydrogen (secondary N) is 1. The molecule has 2 aliphatic rings. The largest absolute Gasteiger partial charge is 0.351 e. The van der Waals surface area contributed by atoms with Crippen LogP contribution in [0, 0.1) is 10.8 Å². The van der Waals surface area contributed by atoms with Crippen molar-refractivity contribution in [2.24, 2.45) is 16.6 Å². The molecular formula is C13H24N2OS. The molecule has 1 atom stereocenters. The molecule has 0 aromatic heterocycles. The Hall–Kier alpha value is -0.220. The van der Waals surface area contributed by atoms with Gasteiger partial charge >= 0.3 is 0 Å². The van der Waals surface area contributed by atoms with Crippen molar-refractivity contribution >= 4 is 17.7 Å². The third-order valence-corrected chi connectivity index (χ3v) is 5.98. The Bertz CT molecular complexity index is 305. The molecule has 0 bridgehead atoms. The van der Waals surface area contributed by atoms with Crippen LogP contribution in [-0.2, 0) is 4.79 Å². The molecule has 2 fully saturated rings. The lowest BCUT2D eigenvalue weighted by Crippen LogP contribution is -2.76. The molecule has 0 aromatic carbocycles. The molecule has 1 aliphatic carbocycles. The van der Waals surface area contributed by atoms with Crippen LogP contribution in [0.4, 0.5) is 0 Å². The first-order chi connectivity index (χ1) is 7.78. The summed E-state index contributed by atoms with van der Waals surface area (Å²) in [6.45, 7) is 8.59. The van der Waals surface area contributed by atoms with Crippen LogP contribution in [0.15, 0.2) is 0 Å². The number of nitrogens with two attached hydrogens (primary N) is 1. The lowest BCUT2D eigenvalue weighted by Gasteiger charge is -2.63. The van der Waals surface area contributed by atoms with Crippen molar-refractivity contribution in [1.29, 1.82) is 0 Å². The topological polar surface area (TPSA) is 55.1 Å². The second kappa shape index (κ2) is 4.16. The molecule has 0 aromatic rings. The van der Waals surface area contributed by atoms with Gasteiger partial charge in [0.15, 0.2) is 0 Å². The van der Waals surface area contributed by atoms with Gasteiger partial charge in [0.05, 0.1) is 5.25 Å². The smallest absolute Gasteiger partial charge is 0.233 e. The second-order valence-corrected chi connectivity index (χ2v) is 7.87. The average Bonchev–Trinajstić information content (AvgIpc) is 2.77. The van der Waals surface area contributed by atoms with Crippen LogP contribution in [-0.4, -0.2) is 29.0 Å². The summed E-state index contributed by atoms with van der Waals surface area (Å²) < 4.78 is 0. The number of amides is 1. The maximum Gasteiger partial charge on any atom is 0.233 e. The minimum Gasteiger partial charge on any atom is -0.351 e. The van der Waals surface area contributed by atoms with E-state index < -0.39 is 0 Å². The van der Waals surface area contributed by atoms with Crippen molar-refractivity contribution in [3.8, 4) is 0 Å². The Morgan fingerprint density at radius 3 is 2.35 bits per heavy atom. The Kier molecular flexibility index (Phi) is 3.24. The number of carbonyl (C=O) groups is 1. The Morgan fingerprint density at radius 1 is 1.29 bits per heavy atom. The zero-order valence-electron chi connectivity index (χ0n) is 11.2. The van der Waals surface area contributed by atoms with E-state index in [1.54, 1.807) is 11.8 Å². The second-order valence-electron chi connectivity index (χ2n) is 6.56. The highest BCUT2D eigenvalue weighted by molar-refractivity contribution is 8.00. The van der Waals surface area contributed by atoms with Gasteiger partial charge in [-0.15, -0.1) is 11.8 Å². The number of hydrogen-bond acceptors (Lipinski definition) is 3. The van der Waals surface area contributed by atoms with Gasteiger partial charge in [0, 0.05) is 22.9 Å². The molecule has 0 spiro atoms. The molecule has 98 valence electrons. The molecule has 3 N–H and O–H groups in total. The number of rotatable bonds is 2. The summed E-state index contributed by atoms with van der Waals surface area (Å²) in [5.74, 6) is 1.33. The molecule has 2 rings (SSSR count). The van der Waals surface area contributed by atoms with E-state index in [9.17, 15) is 4.79 Å². The normalized spacial score (nSPS) is 38.5. The van der Waals surface area contributed by atoms with Crippen molar-refractivity contribution in [3.63, 3.8) is 0 Å². The molecule has 17 heavy (non-hydrogen) atoms. The predicted molar refractivity (Wildman–Crippen MR) is 72.9 cm³/mol. The molecule has 1 saturated carbocycles. The van der Waals surface area contributed by atoms with E-state index in [2.05, 4.69) is 33.0 Å². The molecule has 1 unspecified atom stereocenters. The van der Waals surface area contributed by atoms with E-state index in [1.807, 2.05) is 0 Å². The van der Waals surface area contributed by atoms with Gasteiger partial charge in [0.2, 0.25) is 5.91 Å². The maximum absolute atomic E-state index is 12.2. The van der Waals surface area contributed by atoms with Crippen LogP contribution in [0.5, 0.6) is 0 Å². The fourth-order valence-electron chi connectivity index (χ4n) is 3.57. The molecule has 0 radical (unpaired) electrons. The zero-order chi connectivity index (χ0) is 12.8. The monoisotopic (exact) mass is 256 g/mol. The first-order valence-corrected chi connectivity index (χ1v) is 7.50. The van der Waals surface area contributed by atoms with Crippen LogP contribution >= 0.6 is 11.8 Å².